The molecule has 0 aliphatic rings. The van der Waals surface area contributed by atoms with Gasteiger partial charge in [-0.3, -0.25) is 10.1 Å². The largest absolute Gasteiger partial charge is 0.497 e. The number of benzene rings is 2. The van der Waals surface area contributed by atoms with Crippen molar-refractivity contribution >= 4 is 24.1 Å². The maximum Gasteiger partial charge on any atom is 0.136 e. The van der Waals surface area contributed by atoms with Crippen molar-refractivity contribution in [2.24, 2.45) is 4.99 Å². The van der Waals surface area contributed by atoms with E-state index in [0.717, 1.165) is 28.4 Å². The highest BCUT2D eigenvalue weighted by Gasteiger charge is 2.07. The van der Waals surface area contributed by atoms with Crippen LogP contribution in [-0.4, -0.2) is 23.1 Å². The lowest BCUT2D eigenvalue weighted by molar-refractivity contribution is 0.415. The molecular weight excluding hydrogens is 306 g/mol. The number of hydrogen-bond donors (Lipinski definition) is 1. The van der Waals surface area contributed by atoms with Gasteiger partial charge in [0.15, 0.2) is 0 Å². The van der Waals surface area contributed by atoms with Crippen LogP contribution in [0.3, 0.4) is 0 Å². The Kier molecular flexibility index (Phi) is 4.39. The number of rotatable bonds is 4. The topological polar surface area (TPSA) is 42.3 Å². The van der Waals surface area contributed by atoms with Crippen LogP contribution in [0, 0.1) is 11.6 Å². The Hall–Kier alpha value is -2.66. The minimum atomic E-state index is 0.714. The molecule has 1 heterocycles. The summed E-state index contributed by atoms with van der Waals surface area (Å²) in [6, 6.07) is 17.6. The van der Waals surface area contributed by atoms with E-state index < -0.39 is 0 Å². The van der Waals surface area contributed by atoms with Gasteiger partial charge in [-0.25, -0.2) is 4.68 Å². The fourth-order valence-electron chi connectivity index (χ4n) is 2.28. The third kappa shape index (κ3) is 3.24. The van der Waals surface area contributed by atoms with Gasteiger partial charge in [0.25, 0.3) is 0 Å². The molecule has 1 N–H and O–H groups in total. The summed E-state index contributed by atoms with van der Waals surface area (Å²) in [7, 11) is 1.65. The number of nitrogens with one attached hydrogen (secondary N) is 1. The second kappa shape index (κ2) is 6.62. The molecule has 0 unspecified atom stereocenters. The molecule has 0 aliphatic heterocycles. The number of para-hydroxylation sites is 1. The molecule has 1 aromatic heterocycles. The molecule has 0 spiro atoms. The first-order valence-electron chi connectivity index (χ1n) is 7.24. The summed E-state index contributed by atoms with van der Waals surface area (Å²) in [6.45, 7) is 1.99. The first-order valence-corrected chi connectivity index (χ1v) is 7.65. The summed E-state index contributed by atoms with van der Waals surface area (Å²) in [4.78, 5) is 4.50. The summed E-state index contributed by atoms with van der Waals surface area (Å²) >= 11 is 5.57. The monoisotopic (exact) mass is 323 g/mol. The zero-order chi connectivity index (χ0) is 16.2. The van der Waals surface area contributed by atoms with Gasteiger partial charge in [0.1, 0.15) is 10.4 Å². The highest BCUT2D eigenvalue weighted by Crippen LogP contribution is 2.19. The molecule has 0 aliphatic carbocycles. The molecule has 0 radical (unpaired) electrons. The third-order valence-electron chi connectivity index (χ3n) is 3.55. The van der Waals surface area contributed by atoms with E-state index in [4.69, 9.17) is 17.0 Å². The van der Waals surface area contributed by atoms with Crippen LogP contribution in [0.1, 0.15) is 11.3 Å². The highest BCUT2D eigenvalue weighted by atomic mass is 32.1. The SMILES string of the molecule is COc1ccc(N=Cc2c(C)[nH]n(-c3ccccc3)c2=S)cc1. The lowest BCUT2D eigenvalue weighted by atomic mass is 10.2. The molecular formula is C18H17N3OS. The van der Waals surface area contributed by atoms with E-state index in [1.165, 1.54) is 0 Å². The summed E-state index contributed by atoms with van der Waals surface area (Å²) < 4.78 is 7.75. The molecule has 0 amide bonds. The molecule has 0 fully saturated rings. The zero-order valence-electron chi connectivity index (χ0n) is 13.0. The fourth-order valence-corrected chi connectivity index (χ4v) is 2.63. The van der Waals surface area contributed by atoms with Gasteiger partial charge in [0.05, 0.1) is 24.0 Å². The summed E-state index contributed by atoms with van der Waals surface area (Å²) in [5.41, 5.74) is 3.76. The molecule has 3 aromatic rings. The number of aryl methyl sites for hydroxylation is 1. The molecule has 5 heteroatoms. The van der Waals surface area contributed by atoms with Crippen LogP contribution in [0.5, 0.6) is 5.75 Å². The lowest BCUT2D eigenvalue weighted by Crippen LogP contribution is -1.95. The van der Waals surface area contributed by atoms with Gasteiger partial charge in [-0.15, -0.1) is 0 Å². The molecule has 0 saturated carbocycles. The predicted molar refractivity (Wildman–Crippen MR) is 95.9 cm³/mol. The van der Waals surface area contributed by atoms with Crippen molar-refractivity contribution in [3.05, 3.63) is 70.5 Å². The van der Waals surface area contributed by atoms with E-state index in [-0.39, 0.29) is 0 Å². The average Bonchev–Trinajstić information content (AvgIpc) is 2.88. The van der Waals surface area contributed by atoms with E-state index in [0.29, 0.717) is 4.64 Å². The van der Waals surface area contributed by atoms with Crippen LogP contribution in [0.2, 0.25) is 0 Å². The lowest BCUT2D eigenvalue weighted by Gasteiger charge is -2.01. The van der Waals surface area contributed by atoms with Crippen LogP contribution in [0.4, 0.5) is 5.69 Å². The molecule has 0 atom stereocenters. The molecule has 116 valence electrons. The molecule has 0 bridgehead atoms. The summed E-state index contributed by atoms with van der Waals surface area (Å²) in [6.07, 6.45) is 1.80. The van der Waals surface area contributed by atoms with Gasteiger partial charge in [0.2, 0.25) is 0 Å². The van der Waals surface area contributed by atoms with Gasteiger partial charge in [-0.2, -0.15) is 0 Å². The van der Waals surface area contributed by atoms with Crippen molar-refractivity contribution in [2.75, 3.05) is 7.11 Å². The van der Waals surface area contributed by atoms with E-state index in [2.05, 4.69) is 10.1 Å². The van der Waals surface area contributed by atoms with Crippen molar-refractivity contribution in [3.8, 4) is 11.4 Å². The Morgan fingerprint density at radius 2 is 1.78 bits per heavy atom. The molecule has 0 saturated heterocycles. The van der Waals surface area contributed by atoms with E-state index in [1.54, 1.807) is 13.3 Å². The van der Waals surface area contributed by atoms with Gasteiger partial charge in [0, 0.05) is 11.9 Å². The smallest absolute Gasteiger partial charge is 0.136 e. The van der Waals surface area contributed by atoms with Gasteiger partial charge < -0.3 is 4.74 Å². The number of methoxy groups -OCH3 is 1. The van der Waals surface area contributed by atoms with E-state index in [1.807, 2.05) is 66.2 Å². The zero-order valence-corrected chi connectivity index (χ0v) is 13.8. The van der Waals surface area contributed by atoms with Crippen molar-refractivity contribution in [3.63, 3.8) is 0 Å². The Labute approximate surface area is 140 Å². The molecule has 3 rings (SSSR count). The highest BCUT2D eigenvalue weighted by molar-refractivity contribution is 7.71. The standard InChI is InChI=1S/C18H17N3OS/c1-13-17(12-19-14-8-10-16(22-2)11-9-14)18(23)21(20-13)15-6-4-3-5-7-15/h3-12,20H,1-2H3. The first-order chi connectivity index (χ1) is 11.2. The van der Waals surface area contributed by atoms with Gasteiger partial charge in [-0.05, 0) is 43.3 Å². The predicted octanol–water partition coefficient (Wildman–Crippen LogP) is 4.60. The summed E-state index contributed by atoms with van der Waals surface area (Å²) in [5, 5.41) is 3.28. The Morgan fingerprint density at radius 3 is 2.43 bits per heavy atom. The van der Waals surface area contributed by atoms with E-state index in [9.17, 15) is 0 Å². The van der Waals surface area contributed by atoms with E-state index >= 15 is 0 Å². The van der Waals surface area contributed by atoms with Gasteiger partial charge >= 0.3 is 0 Å². The Balaban J connectivity index is 1.93. The average molecular weight is 323 g/mol. The van der Waals surface area contributed by atoms with Crippen LogP contribution >= 0.6 is 12.2 Å². The number of H-pyrrole nitrogens is 1. The van der Waals surface area contributed by atoms with Crippen molar-refractivity contribution in [2.45, 2.75) is 6.92 Å². The van der Waals surface area contributed by atoms with Gasteiger partial charge in [-0.1, -0.05) is 30.4 Å². The minimum Gasteiger partial charge on any atom is -0.497 e. The molecule has 2 aromatic carbocycles. The Bertz CT molecular complexity index is 877. The maximum atomic E-state index is 5.57. The Morgan fingerprint density at radius 1 is 1.09 bits per heavy atom. The summed E-state index contributed by atoms with van der Waals surface area (Å²) in [5.74, 6) is 0.813. The number of nitrogens with zero attached hydrogens (tertiary/aromatic N) is 2. The van der Waals surface area contributed by atoms with Crippen LogP contribution in [0.25, 0.3) is 5.69 Å². The number of aliphatic imine (C=N–C) groups is 1. The fraction of sp³-hybridized carbons (Fsp3) is 0.111. The third-order valence-corrected chi connectivity index (χ3v) is 3.95. The van der Waals surface area contributed by atoms with Crippen molar-refractivity contribution in [1.82, 2.24) is 9.78 Å². The minimum absolute atomic E-state index is 0.714. The number of ether oxygens (including phenoxy) is 1. The quantitative estimate of drug-likeness (QED) is 0.563. The first kappa shape index (κ1) is 15.2. The second-order valence-electron chi connectivity index (χ2n) is 5.08. The second-order valence-corrected chi connectivity index (χ2v) is 5.47. The number of hydrogen-bond acceptors (Lipinski definition) is 3. The maximum absolute atomic E-state index is 5.57. The van der Waals surface area contributed by atoms with Crippen molar-refractivity contribution < 1.29 is 4.74 Å². The normalized spacial score (nSPS) is 11.0. The molecule has 4 nitrogen and oxygen atoms in total. The van der Waals surface area contributed by atoms with Crippen LogP contribution in [-0.2, 0) is 0 Å². The van der Waals surface area contributed by atoms with Crippen LogP contribution in [0.15, 0.2) is 59.6 Å². The van der Waals surface area contributed by atoms with Crippen molar-refractivity contribution in [1.29, 1.82) is 0 Å². The molecule has 23 heavy (non-hydrogen) atoms. The number of aromatic amines is 1. The van der Waals surface area contributed by atoms with Crippen LogP contribution < -0.4 is 4.74 Å². The number of aromatic nitrogens is 2.